The molecule has 76 valence electrons. The molecule has 0 radical (unpaired) electrons. The van der Waals surface area contributed by atoms with Gasteiger partial charge in [0, 0.05) is 19.8 Å². The van der Waals surface area contributed by atoms with Crippen LogP contribution < -0.4 is 0 Å². The molecule has 14 heavy (non-hydrogen) atoms. The number of ether oxygens (including phenoxy) is 2. The quantitative estimate of drug-likeness (QED) is 0.683. The Morgan fingerprint density at radius 3 is 2.29 bits per heavy atom. The van der Waals surface area contributed by atoms with Crippen LogP contribution in [0.5, 0.6) is 0 Å². The fourth-order valence-corrected chi connectivity index (χ4v) is 1.44. The summed E-state index contributed by atoms with van der Waals surface area (Å²) < 4.78 is 10.3. The van der Waals surface area contributed by atoms with Crippen molar-refractivity contribution in [2.75, 3.05) is 14.2 Å². The number of aryl methyl sites for hydroxylation is 1. The number of hydrogen-bond acceptors (Lipinski definition) is 2. The smallest absolute Gasteiger partial charge is 0.183 e. The number of methoxy groups -OCH3 is 2. The lowest BCUT2D eigenvalue weighted by Crippen LogP contribution is -2.14. The number of rotatable bonds is 4. The Hall–Kier alpha value is -1.12. The lowest BCUT2D eigenvalue weighted by atomic mass is 10.0. The van der Waals surface area contributed by atoms with Crippen molar-refractivity contribution in [2.24, 2.45) is 0 Å². The minimum atomic E-state index is -0.365. The van der Waals surface area contributed by atoms with Gasteiger partial charge in [0.2, 0.25) is 0 Å². The lowest BCUT2D eigenvalue weighted by Gasteiger charge is -2.17. The lowest BCUT2D eigenvalue weighted by molar-refractivity contribution is -0.0588. The average molecular weight is 192 g/mol. The molecule has 0 heterocycles. The third-order valence-corrected chi connectivity index (χ3v) is 2.20. The second-order valence-electron chi connectivity index (χ2n) is 3.14. The predicted molar refractivity (Wildman–Crippen MR) is 58.0 cm³/mol. The maximum absolute atomic E-state index is 5.15. The molecule has 0 N–H and O–H groups in total. The topological polar surface area (TPSA) is 18.5 Å². The van der Waals surface area contributed by atoms with Crippen molar-refractivity contribution in [3.05, 3.63) is 42.0 Å². The van der Waals surface area contributed by atoms with Crippen LogP contribution in [0.25, 0.3) is 5.57 Å². The van der Waals surface area contributed by atoms with Gasteiger partial charge in [-0.15, -0.1) is 0 Å². The molecule has 0 aliphatic heterocycles. The molecule has 1 aromatic rings. The van der Waals surface area contributed by atoms with E-state index < -0.39 is 0 Å². The van der Waals surface area contributed by atoms with Gasteiger partial charge in [-0.2, -0.15) is 0 Å². The molecular formula is C12H16O2. The molecule has 0 aliphatic rings. The Morgan fingerprint density at radius 1 is 1.21 bits per heavy atom. The molecule has 2 nitrogen and oxygen atoms in total. The largest absolute Gasteiger partial charge is 0.352 e. The fourth-order valence-electron chi connectivity index (χ4n) is 1.44. The van der Waals surface area contributed by atoms with Crippen molar-refractivity contribution in [2.45, 2.75) is 13.2 Å². The summed E-state index contributed by atoms with van der Waals surface area (Å²) in [7, 11) is 3.22. The first-order valence-corrected chi connectivity index (χ1v) is 4.51. The first kappa shape index (κ1) is 11.0. The minimum absolute atomic E-state index is 0.365. The zero-order valence-corrected chi connectivity index (χ0v) is 8.91. The predicted octanol–water partition coefficient (Wildman–Crippen LogP) is 2.63. The highest BCUT2D eigenvalue weighted by molar-refractivity contribution is 5.68. The van der Waals surface area contributed by atoms with Gasteiger partial charge in [-0.05, 0) is 18.1 Å². The van der Waals surface area contributed by atoms with Gasteiger partial charge in [-0.25, -0.2) is 0 Å². The first-order valence-electron chi connectivity index (χ1n) is 4.51. The summed E-state index contributed by atoms with van der Waals surface area (Å²) >= 11 is 0. The van der Waals surface area contributed by atoms with Crippen molar-refractivity contribution in [1.29, 1.82) is 0 Å². The highest BCUT2D eigenvalue weighted by Crippen LogP contribution is 2.21. The molecule has 2 heteroatoms. The molecule has 0 aromatic heterocycles. The summed E-state index contributed by atoms with van der Waals surface area (Å²) in [5.74, 6) is 0. The van der Waals surface area contributed by atoms with Crippen LogP contribution in [0.15, 0.2) is 30.8 Å². The molecule has 1 rings (SSSR count). The first-order chi connectivity index (χ1) is 6.70. The van der Waals surface area contributed by atoms with E-state index in [9.17, 15) is 0 Å². The molecule has 0 saturated carbocycles. The molecule has 0 amide bonds. The third kappa shape index (κ3) is 2.22. The normalized spacial score (nSPS) is 10.6. The van der Waals surface area contributed by atoms with Crippen LogP contribution in [-0.4, -0.2) is 20.5 Å². The minimum Gasteiger partial charge on any atom is -0.352 e. The Morgan fingerprint density at radius 2 is 1.79 bits per heavy atom. The van der Waals surface area contributed by atoms with E-state index in [2.05, 4.69) is 6.58 Å². The van der Waals surface area contributed by atoms with E-state index in [1.165, 1.54) is 5.56 Å². The summed E-state index contributed by atoms with van der Waals surface area (Å²) in [6, 6.07) is 8.04. The van der Waals surface area contributed by atoms with Gasteiger partial charge in [0.25, 0.3) is 0 Å². The van der Waals surface area contributed by atoms with E-state index in [-0.39, 0.29) is 6.29 Å². The summed E-state index contributed by atoms with van der Waals surface area (Å²) in [4.78, 5) is 0. The molecular weight excluding hydrogens is 176 g/mol. The molecule has 1 aromatic carbocycles. The van der Waals surface area contributed by atoms with Crippen molar-refractivity contribution in [1.82, 2.24) is 0 Å². The monoisotopic (exact) mass is 192 g/mol. The van der Waals surface area contributed by atoms with E-state index in [0.717, 1.165) is 11.1 Å². The zero-order valence-electron chi connectivity index (χ0n) is 8.91. The van der Waals surface area contributed by atoms with Gasteiger partial charge in [0.1, 0.15) is 0 Å². The molecule has 0 spiro atoms. The van der Waals surface area contributed by atoms with Crippen LogP contribution in [0, 0.1) is 6.92 Å². The summed E-state index contributed by atoms with van der Waals surface area (Å²) in [6.07, 6.45) is -0.365. The molecule has 0 aliphatic carbocycles. The third-order valence-electron chi connectivity index (χ3n) is 2.20. The van der Waals surface area contributed by atoms with Gasteiger partial charge in [0.05, 0.1) is 0 Å². The maximum Gasteiger partial charge on any atom is 0.183 e. The van der Waals surface area contributed by atoms with Gasteiger partial charge in [-0.1, -0.05) is 30.8 Å². The van der Waals surface area contributed by atoms with E-state index >= 15 is 0 Å². The second kappa shape index (κ2) is 4.94. The van der Waals surface area contributed by atoms with Crippen LogP contribution in [0.1, 0.15) is 11.1 Å². The SMILES string of the molecule is C=C(c1ccccc1C)C(OC)OC. The summed E-state index contributed by atoms with van der Waals surface area (Å²) in [5.41, 5.74) is 3.12. The van der Waals surface area contributed by atoms with Crippen LogP contribution >= 0.6 is 0 Å². The molecule has 0 bridgehead atoms. The van der Waals surface area contributed by atoms with Gasteiger partial charge >= 0.3 is 0 Å². The van der Waals surface area contributed by atoms with Crippen LogP contribution in [0.3, 0.4) is 0 Å². The van der Waals surface area contributed by atoms with Gasteiger partial charge in [-0.3, -0.25) is 0 Å². The van der Waals surface area contributed by atoms with Crippen LogP contribution in [-0.2, 0) is 9.47 Å². The Balaban J connectivity index is 2.94. The molecule has 0 atom stereocenters. The number of benzene rings is 1. The molecule has 0 unspecified atom stereocenters. The van der Waals surface area contributed by atoms with E-state index in [4.69, 9.17) is 9.47 Å². The van der Waals surface area contributed by atoms with Gasteiger partial charge < -0.3 is 9.47 Å². The Labute approximate surface area is 85.2 Å². The Bertz CT molecular complexity index is 314. The highest BCUT2D eigenvalue weighted by atomic mass is 16.7. The van der Waals surface area contributed by atoms with E-state index in [1.54, 1.807) is 14.2 Å². The average Bonchev–Trinajstić information content (AvgIpc) is 2.20. The summed E-state index contributed by atoms with van der Waals surface area (Å²) in [6.45, 7) is 6.02. The van der Waals surface area contributed by atoms with Crippen molar-refractivity contribution in [3.63, 3.8) is 0 Å². The molecule has 0 fully saturated rings. The van der Waals surface area contributed by atoms with Crippen molar-refractivity contribution < 1.29 is 9.47 Å². The Kier molecular flexibility index (Phi) is 3.86. The van der Waals surface area contributed by atoms with E-state index in [1.807, 2.05) is 31.2 Å². The summed E-state index contributed by atoms with van der Waals surface area (Å²) in [5, 5.41) is 0. The standard InChI is InChI=1S/C12H16O2/c1-9-7-5-6-8-11(9)10(2)12(13-3)14-4/h5-8,12H,2H2,1,3-4H3. The number of hydrogen-bond donors (Lipinski definition) is 0. The van der Waals surface area contributed by atoms with E-state index in [0.29, 0.717) is 0 Å². The zero-order chi connectivity index (χ0) is 10.6. The second-order valence-corrected chi connectivity index (χ2v) is 3.14. The molecule has 0 saturated heterocycles. The van der Waals surface area contributed by atoms with Crippen molar-refractivity contribution in [3.8, 4) is 0 Å². The van der Waals surface area contributed by atoms with Gasteiger partial charge in [0.15, 0.2) is 6.29 Å². The van der Waals surface area contributed by atoms with Crippen LogP contribution in [0.4, 0.5) is 0 Å². The highest BCUT2D eigenvalue weighted by Gasteiger charge is 2.13. The van der Waals surface area contributed by atoms with Crippen molar-refractivity contribution >= 4 is 5.57 Å². The maximum atomic E-state index is 5.15. The van der Waals surface area contributed by atoms with Crippen LogP contribution in [0.2, 0.25) is 0 Å². The fraction of sp³-hybridized carbons (Fsp3) is 0.333.